The van der Waals surface area contributed by atoms with Crippen molar-refractivity contribution in [2.45, 2.75) is 26.4 Å². The number of nitrogens with zero attached hydrogens (tertiary/aromatic N) is 1. The van der Waals surface area contributed by atoms with Gasteiger partial charge in [-0.25, -0.2) is 4.79 Å². The first-order valence-corrected chi connectivity index (χ1v) is 4.69. The molecule has 0 aliphatic rings. The number of esters is 1. The minimum Gasteiger partial charge on any atom is -0.456 e. The maximum Gasteiger partial charge on any atom is 0.338 e. The van der Waals surface area contributed by atoms with Crippen LogP contribution in [-0.2, 0) is 11.8 Å². The van der Waals surface area contributed by atoms with Gasteiger partial charge in [0.1, 0.15) is 5.60 Å². The third kappa shape index (κ3) is 3.23. The van der Waals surface area contributed by atoms with Crippen LogP contribution in [0.15, 0.2) is 23.1 Å². The van der Waals surface area contributed by atoms with E-state index in [2.05, 4.69) is 0 Å². The summed E-state index contributed by atoms with van der Waals surface area (Å²) in [5.41, 5.74) is -0.482. The largest absolute Gasteiger partial charge is 0.456 e. The molecule has 0 N–H and O–H groups in total. The van der Waals surface area contributed by atoms with Gasteiger partial charge in [0.2, 0.25) is 0 Å². The van der Waals surface area contributed by atoms with Crippen molar-refractivity contribution < 1.29 is 9.53 Å². The van der Waals surface area contributed by atoms with Gasteiger partial charge in [-0.3, -0.25) is 4.79 Å². The highest BCUT2D eigenvalue weighted by Gasteiger charge is 2.17. The Balaban J connectivity index is 2.93. The molecular formula is C11H15NO3. The molecule has 4 heteroatoms. The monoisotopic (exact) mass is 209 g/mol. The van der Waals surface area contributed by atoms with Crippen LogP contribution in [-0.4, -0.2) is 16.1 Å². The summed E-state index contributed by atoms with van der Waals surface area (Å²) in [6.45, 7) is 5.35. The zero-order chi connectivity index (χ0) is 11.6. The summed E-state index contributed by atoms with van der Waals surface area (Å²) in [4.78, 5) is 22.8. The lowest BCUT2D eigenvalue weighted by Crippen LogP contribution is -2.25. The van der Waals surface area contributed by atoms with E-state index < -0.39 is 11.6 Å². The smallest absolute Gasteiger partial charge is 0.338 e. The Bertz CT molecular complexity index is 426. The quantitative estimate of drug-likeness (QED) is 0.656. The Morgan fingerprint density at radius 3 is 2.47 bits per heavy atom. The van der Waals surface area contributed by atoms with E-state index in [-0.39, 0.29) is 11.1 Å². The number of rotatable bonds is 1. The van der Waals surface area contributed by atoms with Crippen molar-refractivity contribution in [2.24, 2.45) is 7.05 Å². The van der Waals surface area contributed by atoms with E-state index in [9.17, 15) is 9.59 Å². The lowest BCUT2D eigenvalue weighted by Gasteiger charge is -2.19. The molecule has 1 rings (SSSR count). The third-order valence-electron chi connectivity index (χ3n) is 1.74. The van der Waals surface area contributed by atoms with Crippen LogP contribution in [0.1, 0.15) is 31.1 Å². The second-order valence-corrected chi connectivity index (χ2v) is 4.37. The van der Waals surface area contributed by atoms with Crippen molar-refractivity contribution in [3.05, 3.63) is 34.2 Å². The molecule has 0 amide bonds. The molecule has 0 aliphatic carbocycles. The number of ether oxygens (including phenoxy) is 1. The number of hydrogen-bond acceptors (Lipinski definition) is 3. The fourth-order valence-electron chi connectivity index (χ4n) is 1.01. The lowest BCUT2D eigenvalue weighted by atomic mass is 10.2. The van der Waals surface area contributed by atoms with Gasteiger partial charge in [0.25, 0.3) is 5.56 Å². The summed E-state index contributed by atoms with van der Waals surface area (Å²) in [5, 5.41) is 0. The molecule has 82 valence electrons. The number of aryl methyl sites for hydroxylation is 1. The molecule has 0 radical (unpaired) electrons. The highest BCUT2D eigenvalue weighted by Crippen LogP contribution is 2.10. The molecule has 1 heterocycles. The maximum absolute atomic E-state index is 11.6. The molecule has 1 aromatic heterocycles. The topological polar surface area (TPSA) is 48.3 Å². The zero-order valence-electron chi connectivity index (χ0n) is 9.40. The molecule has 0 saturated heterocycles. The first-order valence-electron chi connectivity index (χ1n) is 4.69. The SMILES string of the molecule is Cn1ccc(C(=O)OC(C)(C)C)cc1=O. The number of carbonyl (C=O) groups is 1. The van der Waals surface area contributed by atoms with Crippen molar-refractivity contribution in [1.82, 2.24) is 4.57 Å². The van der Waals surface area contributed by atoms with Crippen LogP contribution in [0.3, 0.4) is 0 Å². The Morgan fingerprint density at radius 2 is 2.00 bits per heavy atom. The van der Waals surface area contributed by atoms with E-state index in [4.69, 9.17) is 4.74 Å². The van der Waals surface area contributed by atoms with E-state index in [0.29, 0.717) is 0 Å². The van der Waals surface area contributed by atoms with E-state index >= 15 is 0 Å². The Labute approximate surface area is 88.5 Å². The molecule has 0 fully saturated rings. The Morgan fingerprint density at radius 1 is 1.40 bits per heavy atom. The lowest BCUT2D eigenvalue weighted by molar-refractivity contribution is 0.00692. The molecule has 15 heavy (non-hydrogen) atoms. The standard InChI is InChI=1S/C11H15NO3/c1-11(2,3)15-10(14)8-5-6-12(4)9(13)7-8/h5-7H,1-4H3. The van der Waals surface area contributed by atoms with E-state index in [1.54, 1.807) is 40.1 Å². The van der Waals surface area contributed by atoms with Gasteiger partial charge in [0.15, 0.2) is 0 Å². The summed E-state index contributed by atoms with van der Waals surface area (Å²) >= 11 is 0. The van der Waals surface area contributed by atoms with E-state index in [1.807, 2.05) is 0 Å². The first-order chi connectivity index (χ1) is 6.79. The number of pyridine rings is 1. The molecule has 4 nitrogen and oxygen atoms in total. The van der Waals surface area contributed by atoms with Crippen LogP contribution < -0.4 is 5.56 Å². The maximum atomic E-state index is 11.6. The molecular weight excluding hydrogens is 194 g/mol. The van der Waals surface area contributed by atoms with Gasteiger partial charge in [-0.2, -0.15) is 0 Å². The van der Waals surface area contributed by atoms with Crippen LogP contribution in [0.4, 0.5) is 0 Å². The molecule has 0 atom stereocenters. The van der Waals surface area contributed by atoms with Crippen molar-refractivity contribution in [3.8, 4) is 0 Å². The van der Waals surface area contributed by atoms with Crippen LogP contribution in [0.5, 0.6) is 0 Å². The number of carbonyl (C=O) groups excluding carboxylic acids is 1. The average molecular weight is 209 g/mol. The summed E-state index contributed by atoms with van der Waals surface area (Å²) in [6.07, 6.45) is 1.54. The molecule has 0 saturated carbocycles. The fourth-order valence-corrected chi connectivity index (χ4v) is 1.01. The second kappa shape index (κ2) is 3.88. The first kappa shape index (κ1) is 11.5. The van der Waals surface area contributed by atoms with Crippen molar-refractivity contribution >= 4 is 5.97 Å². The Kier molecular flexibility index (Phi) is 2.98. The zero-order valence-corrected chi connectivity index (χ0v) is 9.40. The van der Waals surface area contributed by atoms with Gasteiger partial charge in [-0.1, -0.05) is 0 Å². The van der Waals surface area contributed by atoms with Gasteiger partial charge in [-0.05, 0) is 26.8 Å². The van der Waals surface area contributed by atoms with Gasteiger partial charge in [0.05, 0.1) is 5.56 Å². The molecule has 0 aromatic carbocycles. The number of aromatic nitrogens is 1. The van der Waals surface area contributed by atoms with Crippen LogP contribution in [0.2, 0.25) is 0 Å². The predicted molar refractivity (Wildman–Crippen MR) is 56.9 cm³/mol. The van der Waals surface area contributed by atoms with Gasteiger partial charge < -0.3 is 9.30 Å². The van der Waals surface area contributed by atoms with E-state index in [0.717, 1.165) is 0 Å². The van der Waals surface area contributed by atoms with Crippen molar-refractivity contribution in [2.75, 3.05) is 0 Å². The molecule has 0 aliphatic heterocycles. The van der Waals surface area contributed by atoms with Gasteiger partial charge in [0, 0.05) is 19.3 Å². The molecule has 1 aromatic rings. The normalized spacial score (nSPS) is 11.2. The molecule has 0 spiro atoms. The van der Waals surface area contributed by atoms with Gasteiger partial charge in [-0.15, -0.1) is 0 Å². The minimum atomic E-state index is -0.543. The summed E-state index contributed by atoms with van der Waals surface area (Å²) in [7, 11) is 1.63. The summed E-state index contributed by atoms with van der Waals surface area (Å²) < 4.78 is 6.53. The van der Waals surface area contributed by atoms with Crippen molar-refractivity contribution in [1.29, 1.82) is 0 Å². The minimum absolute atomic E-state index is 0.224. The third-order valence-corrected chi connectivity index (χ3v) is 1.74. The van der Waals surface area contributed by atoms with Crippen LogP contribution in [0.25, 0.3) is 0 Å². The Hall–Kier alpha value is -1.58. The summed E-state index contributed by atoms with van der Waals surface area (Å²) in [5.74, 6) is -0.472. The second-order valence-electron chi connectivity index (χ2n) is 4.37. The molecule has 0 unspecified atom stereocenters. The van der Waals surface area contributed by atoms with Crippen LogP contribution in [0, 0.1) is 0 Å². The van der Waals surface area contributed by atoms with Crippen LogP contribution >= 0.6 is 0 Å². The van der Waals surface area contributed by atoms with E-state index in [1.165, 1.54) is 10.6 Å². The number of hydrogen-bond donors (Lipinski definition) is 0. The summed E-state index contributed by atoms with van der Waals surface area (Å²) in [6, 6.07) is 2.84. The van der Waals surface area contributed by atoms with Crippen molar-refractivity contribution in [3.63, 3.8) is 0 Å². The average Bonchev–Trinajstić information content (AvgIpc) is 2.06. The highest BCUT2D eigenvalue weighted by molar-refractivity contribution is 5.89. The highest BCUT2D eigenvalue weighted by atomic mass is 16.6. The predicted octanol–water partition coefficient (Wildman–Crippen LogP) is 1.34. The molecule has 0 bridgehead atoms. The van der Waals surface area contributed by atoms with Gasteiger partial charge >= 0.3 is 5.97 Å². The fraction of sp³-hybridized carbons (Fsp3) is 0.455.